The van der Waals surface area contributed by atoms with E-state index in [1.807, 2.05) is 24.3 Å². The van der Waals surface area contributed by atoms with E-state index < -0.39 is 5.91 Å². The van der Waals surface area contributed by atoms with Crippen molar-refractivity contribution in [2.24, 2.45) is 5.84 Å². The van der Waals surface area contributed by atoms with Gasteiger partial charge in [-0.3, -0.25) is 15.1 Å². The number of hydrogen-bond acceptors (Lipinski definition) is 5. The number of nitrogens with two attached hydrogens (primary N) is 1. The summed E-state index contributed by atoms with van der Waals surface area (Å²) in [5.74, 6) is 5.48. The summed E-state index contributed by atoms with van der Waals surface area (Å²) in [6, 6.07) is 3.96. The fourth-order valence-electron chi connectivity index (χ4n) is 1.57. The maximum atomic E-state index is 11.3. The average Bonchev–Trinajstić information content (AvgIpc) is 2.70. The van der Waals surface area contributed by atoms with Crippen LogP contribution >= 0.6 is 0 Å². The predicted molar refractivity (Wildman–Crippen MR) is 66.3 cm³/mol. The molecule has 1 atom stereocenters. The van der Waals surface area contributed by atoms with Crippen LogP contribution in [0.4, 0.5) is 0 Å². The van der Waals surface area contributed by atoms with Gasteiger partial charge in [0.1, 0.15) is 5.76 Å². The van der Waals surface area contributed by atoms with Crippen LogP contribution in [0.5, 0.6) is 0 Å². The largest absolute Gasteiger partial charge is 0.456 e. The molecule has 1 aromatic heterocycles. The highest BCUT2D eigenvalue weighted by molar-refractivity contribution is 5.91. The van der Waals surface area contributed by atoms with E-state index in [9.17, 15) is 4.79 Å². The monoisotopic (exact) mass is 250 g/mol. The van der Waals surface area contributed by atoms with E-state index in [4.69, 9.17) is 15.5 Å². The number of furan rings is 1. The molecular weight excluding hydrogens is 232 g/mol. The third kappa shape index (κ3) is 3.32. The van der Waals surface area contributed by atoms with Crippen molar-refractivity contribution in [3.05, 3.63) is 23.2 Å². The third-order valence-electron chi connectivity index (χ3n) is 2.93. The van der Waals surface area contributed by atoms with Crippen molar-refractivity contribution < 1.29 is 9.21 Å². The lowest BCUT2D eigenvalue weighted by atomic mass is 10.2. The van der Waals surface area contributed by atoms with Gasteiger partial charge in [0.05, 0.1) is 12.5 Å². The van der Waals surface area contributed by atoms with E-state index in [-0.39, 0.29) is 11.8 Å². The van der Waals surface area contributed by atoms with Gasteiger partial charge in [-0.25, -0.2) is 5.84 Å². The smallest absolute Gasteiger partial charge is 0.300 e. The van der Waals surface area contributed by atoms with Crippen molar-refractivity contribution in [2.75, 3.05) is 7.05 Å². The number of rotatable bonds is 5. The minimum absolute atomic E-state index is 0.149. The number of nitrogen functional groups attached to an aromatic ring is 1. The molecule has 6 nitrogen and oxygen atoms in total. The Kier molecular flexibility index (Phi) is 4.89. The van der Waals surface area contributed by atoms with E-state index in [0.717, 1.165) is 5.56 Å². The minimum Gasteiger partial charge on any atom is -0.456 e. The van der Waals surface area contributed by atoms with Gasteiger partial charge in [-0.15, -0.1) is 0 Å². The molecule has 0 saturated carbocycles. The topological polar surface area (TPSA) is 95.3 Å². The van der Waals surface area contributed by atoms with Gasteiger partial charge in [-0.05, 0) is 27.0 Å². The summed E-state index contributed by atoms with van der Waals surface area (Å²) in [5, 5.41) is 8.65. The van der Waals surface area contributed by atoms with Gasteiger partial charge in [-0.1, -0.05) is 0 Å². The molecule has 0 aliphatic carbocycles. The number of carbonyl (C=O) groups excluding carboxylic acids is 1. The number of carbonyl (C=O) groups is 1. The van der Waals surface area contributed by atoms with Crippen LogP contribution in [0.1, 0.15) is 35.2 Å². The van der Waals surface area contributed by atoms with Crippen molar-refractivity contribution in [3.8, 4) is 6.07 Å². The average molecular weight is 250 g/mol. The number of nitrogens with zero attached hydrogens (tertiary/aromatic N) is 2. The summed E-state index contributed by atoms with van der Waals surface area (Å²) < 4.78 is 5.32. The standard InChI is InChI=1S/C12H18N4O2/c1-8(4-5-13)16(3)7-10-6-11(12(17)15-14)18-9(10)2/h6,8H,4,7,14H2,1-3H3,(H,15,17). The molecule has 0 fully saturated rings. The lowest BCUT2D eigenvalue weighted by Gasteiger charge is -2.21. The summed E-state index contributed by atoms with van der Waals surface area (Å²) >= 11 is 0. The Morgan fingerprint density at radius 3 is 2.94 bits per heavy atom. The lowest BCUT2D eigenvalue weighted by Crippen LogP contribution is -2.29. The second-order valence-corrected chi connectivity index (χ2v) is 4.29. The van der Waals surface area contributed by atoms with Crippen molar-refractivity contribution in [1.29, 1.82) is 5.26 Å². The van der Waals surface area contributed by atoms with Crippen LogP contribution in [0.15, 0.2) is 10.5 Å². The molecule has 1 heterocycles. The van der Waals surface area contributed by atoms with Crippen molar-refractivity contribution in [1.82, 2.24) is 10.3 Å². The van der Waals surface area contributed by atoms with E-state index in [2.05, 4.69) is 6.07 Å². The third-order valence-corrected chi connectivity index (χ3v) is 2.93. The van der Waals surface area contributed by atoms with Gasteiger partial charge in [0.2, 0.25) is 0 Å². The van der Waals surface area contributed by atoms with Gasteiger partial charge >= 0.3 is 5.91 Å². The highest BCUT2D eigenvalue weighted by Gasteiger charge is 2.16. The van der Waals surface area contributed by atoms with Crippen LogP contribution in [0.25, 0.3) is 0 Å². The Bertz CT molecular complexity index is 461. The Hall–Kier alpha value is -1.84. The Labute approximate surface area is 106 Å². The molecule has 0 aliphatic heterocycles. The summed E-state index contributed by atoms with van der Waals surface area (Å²) in [6.07, 6.45) is 0.462. The number of nitriles is 1. The first-order valence-electron chi connectivity index (χ1n) is 5.67. The Balaban J connectivity index is 2.76. The molecule has 6 heteroatoms. The van der Waals surface area contributed by atoms with E-state index in [1.165, 1.54) is 0 Å². The van der Waals surface area contributed by atoms with Crippen LogP contribution in [0.3, 0.4) is 0 Å². The number of aryl methyl sites for hydroxylation is 1. The second-order valence-electron chi connectivity index (χ2n) is 4.29. The van der Waals surface area contributed by atoms with Crippen LogP contribution < -0.4 is 11.3 Å². The maximum Gasteiger partial charge on any atom is 0.300 e. The first kappa shape index (κ1) is 14.2. The Morgan fingerprint density at radius 1 is 1.72 bits per heavy atom. The maximum absolute atomic E-state index is 11.3. The fraction of sp³-hybridized carbons (Fsp3) is 0.500. The second kappa shape index (κ2) is 6.19. The van der Waals surface area contributed by atoms with Crippen molar-refractivity contribution in [2.45, 2.75) is 32.9 Å². The molecule has 0 aromatic carbocycles. The van der Waals surface area contributed by atoms with Crippen LogP contribution in [0.2, 0.25) is 0 Å². The van der Waals surface area contributed by atoms with E-state index in [1.54, 1.807) is 13.0 Å². The molecular formula is C12H18N4O2. The molecule has 1 unspecified atom stereocenters. The van der Waals surface area contributed by atoms with Crippen LogP contribution in [0, 0.1) is 18.3 Å². The summed E-state index contributed by atoms with van der Waals surface area (Å²) in [5.41, 5.74) is 2.95. The molecule has 0 spiro atoms. The molecule has 1 amide bonds. The Morgan fingerprint density at radius 2 is 2.39 bits per heavy atom. The zero-order valence-electron chi connectivity index (χ0n) is 10.9. The molecule has 1 aromatic rings. The summed E-state index contributed by atoms with van der Waals surface area (Å²) in [6.45, 7) is 4.40. The normalized spacial score (nSPS) is 12.2. The molecule has 0 saturated heterocycles. The number of hydrazine groups is 1. The minimum atomic E-state index is -0.447. The van der Waals surface area contributed by atoms with Gasteiger partial charge in [0.15, 0.2) is 5.76 Å². The number of amides is 1. The predicted octanol–water partition coefficient (Wildman–Crippen LogP) is 0.925. The van der Waals surface area contributed by atoms with Gasteiger partial charge in [0.25, 0.3) is 0 Å². The number of nitrogens with one attached hydrogen (secondary N) is 1. The van der Waals surface area contributed by atoms with Gasteiger partial charge in [0, 0.05) is 18.2 Å². The fourth-order valence-corrected chi connectivity index (χ4v) is 1.57. The van der Waals surface area contributed by atoms with Gasteiger partial charge in [-0.2, -0.15) is 5.26 Å². The molecule has 18 heavy (non-hydrogen) atoms. The SMILES string of the molecule is Cc1oc(C(=O)NN)cc1CN(C)C(C)CC#N. The van der Waals surface area contributed by atoms with Crippen LogP contribution in [-0.4, -0.2) is 23.9 Å². The quantitative estimate of drug-likeness (QED) is 0.460. The summed E-state index contributed by atoms with van der Waals surface area (Å²) in [7, 11) is 1.93. The zero-order valence-corrected chi connectivity index (χ0v) is 10.9. The summed E-state index contributed by atoms with van der Waals surface area (Å²) in [4.78, 5) is 13.3. The first-order chi connectivity index (χ1) is 8.49. The van der Waals surface area contributed by atoms with Crippen LogP contribution in [-0.2, 0) is 6.54 Å². The molecule has 0 bridgehead atoms. The zero-order chi connectivity index (χ0) is 13.7. The molecule has 98 valence electrons. The van der Waals surface area contributed by atoms with E-state index >= 15 is 0 Å². The number of hydrogen-bond donors (Lipinski definition) is 2. The van der Waals surface area contributed by atoms with Crippen molar-refractivity contribution >= 4 is 5.91 Å². The van der Waals surface area contributed by atoms with Crippen molar-refractivity contribution in [3.63, 3.8) is 0 Å². The molecule has 0 radical (unpaired) electrons. The molecule has 1 rings (SSSR count). The highest BCUT2D eigenvalue weighted by Crippen LogP contribution is 2.17. The van der Waals surface area contributed by atoms with E-state index in [0.29, 0.717) is 18.7 Å². The molecule has 3 N–H and O–H groups in total. The first-order valence-corrected chi connectivity index (χ1v) is 5.67. The molecule has 0 aliphatic rings. The van der Waals surface area contributed by atoms with Gasteiger partial charge < -0.3 is 4.42 Å². The highest BCUT2D eigenvalue weighted by atomic mass is 16.4. The lowest BCUT2D eigenvalue weighted by molar-refractivity contribution is 0.0924.